The van der Waals surface area contributed by atoms with Crippen molar-refractivity contribution in [1.82, 2.24) is 5.32 Å². The summed E-state index contributed by atoms with van der Waals surface area (Å²) in [6, 6.07) is 14.4. The number of hydrogen-bond donors (Lipinski definition) is 2. The van der Waals surface area contributed by atoms with E-state index in [1.165, 1.54) is 61.7 Å². The molecular formula is C22H26FN2O+. The lowest BCUT2D eigenvalue weighted by atomic mass is 10.0. The van der Waals surface area contributed by atoms with Crippen LogP contribution >= 0.6 is 0 Å². The summed E-state index contributed by atoms with van der Waals surface area (Å²) in [5.74, 6) is -0.423. The van der Waals surface area contributed by atoms with Gasteiger partial charge in [0, 0.05) is 18.2 Å². The zero-order chi connectivity index (χ0) is 18.2. The number of hydrogen-bond acceptors (Lipinski definition) is 1. The molecule has 1 heterocycles. The first kappa shape index (κ1) is 18.3. The Balaban J connectivity index is 1.55. The number of likely N-dealkylation sites (tertiary alicyclic amines) is 1. The molecule has 1 amide bonds. The number of rotatable bonds is 6. The van der Waals surface area contributed by atoms with Gasteiger partial charge in [-0.3, -0.25) is 4.79 Å². The van der Waals surface area contributed by atoms with Crippen LogP contribution in [0.1, 0.15) is 36.0 Å². The summed E-state index contributed by atoms with van der Waals surface area (Å²) >= 11 is 0. The summed E-state index contributed by atoms with van der Waals surface area (Å²) in [5.41, 5.74) is 3.29. The highest BCUT2D eigenvalue weighted by Gasteiger charge is 2.15. The summed E-state index contributed by atoms with van der Waals surface area (Å²) < 4.78 is 12.9. The molecule has 0 unspecified atom stereocenters. The molecule has 2 N–H and O–H groups in total. The number of carbonyl (C=O) groups excluding carboxylic acids is 1. The summed E-state index contributed by atoms with van der Waals surface area (Å²) in [5, 5.41) is 2.95. The van der Waals surface area contributed by atoms with Crippen molar-refractivity contribution in [3.05, 3.63) is 77.1 Å². The molecule has 4 heteroatoms. The molecule has 3 nitrogen and oxygen atoms in total. The minimum atomic E-state index is -0.279. The predicted molar refractivity (Wildman–Crippen MR) is 102 cm³/mol. The molecule has 3 rings (SSSR count). The minimum absolute atomic E-state index is 0.144. The van der Waals surface area contributed by atoms with Crippen LogP contribution < -0.4 is 10.2 Å². The molecule has 26 heavy (non-hydrogen) atoms. The molecule has 2 aromatic rings. The fourth-order valence-corrected chi connectivity index (χ4v) is 3.39. The Morgan fingerprint density at radius 3 is 2.42 bits per heavy atom. The van der Waals surface area contributed by atoms with Crippen molar-refractivity contribution < 1.29 is 14.1 Å². The molecule has 0 aromatic heterocycles. The average molecular weight is 353 g/mol. The number of nitrogens with one attached hydrogen (secondary N) is 2. The van der Waals surface area contributed by atoms with Gasteiger partial charge in [0.25, 0.3) is 0 Å². The van der Waals surface area contributed by atoms with Gasteiger partial charge < -0.3 is 10.2 Å². The first-order valence-electron chi connectivity index (χ1n) is 9.32. The highest BCUT2D eigenvalue weighted by Crippen LogP contribution is 2.09. The fourth-order valence-electron chi connectivity index (χ4n) is 3.39. The minimum Gasteiger partial charge on any atom is -0.348 e. The molecule has 0 bridgehead atoms. The Morgan fingerprint density at radius 2 is 1.69 bits per heavy atom. The number of carbonyl (C=O) groups is 1. The molecule has 1 aliphatic rings. The first-order valence-corrected chi connectivity index (χ1v) is 9.32. The summed E-state index contributed by atoms with van der Waals surface area (Å²) in [7, 11) is 0. The third-order valence-corrected chi connectivity index (χ3v) is 4.87. The highest BCUT2D eigenvalue weighted by molar-refractivity contribution is 5.91. The van der Waals surface area contributed by atoms with Gasteiger partial charge in [-0.2, -0.15) is 0 Å². The summed E-state index contributed by atoms with van der Waals surface area (Å²) in [6.07, 6.45) is 7.15. The van der Waals surface area contributed by atoms with Crippen molar-refractivity contribution in [2.45, 2.75) is 32.4 Å². The van der Waals surface area contributed by atoms with E-state index in [1.807, 2.05) is 6.07 Å². The van der Waals surface area contributed by atoms with Crippen LogP contribution in [0.15, 0.2) is 54.6 Å². The van der Waals surface area contributed by atoms with Crippen LogP contribution in [0, 0.1) is 5.82 Å². The zero-order valence-electron chi connectivity index (χ0n) is 15.0. The van der Waals surface area contributed by atoms with Crippen LogP contribution in [0.3, 0.4) is 0 Å². The van der Waals surface area contributed by atoms with Gasteiger partial charge in [0.05, 0.1) is 13.1 Å². The van der Waals surface area contributed by atoms with E-state index in [1.54, 1.807) is 23.1 Å². The van der Waals surface area contributed by atoms with Crippen molar-refractivity contribution in [3.8, 4) is 0 Å². The maximum Gasteiger partial charge on any atom is 0.244 e. The third kappa shape index (κ3) is 5.53. The van der Waals surface area contributed by atoms with Crippen molar-refractivity contribution >= 4 is 12.0 Å². The van der Waals surface area contributed by atoms with Crippen LogP contribution in [-0.4, -0.2) is 19.0 Å². The predicted octanol–water partition coefficient (Wildman–Crippen LogP) is 2.72. The van der Waals surface area contributed by atoms with Crippen LogP contribution in [0.5, 0.6) is 0 Å². The Kier molecular flexibility index (Phi) is 6.56. The molecule has 1 fully saturated rings. The van der Waals surface area contributed by atoms with E-state index in [2.05, 4.69) is 23.5 Å². The van der Waals surface area contributed by atoms with Crippen LogP contribution in [-0.2, 0) is 17.9 Å². The molecule has 0 atom stereocenters. The Bertz CT molecular complexity index is 749. The second kappa shape index (κ2) is 9.30. The van der Waals surface area contributed by atoms with Crippen molar-refractivity contribution in [2.75, 3.05) is 13.1 Å². The van der Waals surface area contributed by atoms with Crippen LogP contribution in [0.2, 0.25) is 0 Å². The van der Waals surface area contributed by atoms with Crippen molar-refractivity contribution in [1.29, 1.82) is 0 Å². The van der Waals surface area contributed by atoms with Crippen molar-refractivity contribution in [2.24, 2.45) is 0 Å². The lowest BCUT2D eigenvalue weighted by molar-refractivity contribution is -0.918. The highest BCUT2D eigenvalue weighted by atomic mass is 19.1. The summed E-state index contributed by atoms with van der Waals surface area (Å²) in [6.45, 7) is 4.02. The van der Waals surface area contributed by atoms with Crippen molar-refractivity contribution in [3.63, 3.8) is 0 Å². The van der Waals surface area contributed by atoms with E-state index in [0.717, 1.165) is 12.1 Å². The lowest BCUT2D eigenvalue weighted by Crippen LogP contribution is -3.11. The standard InChI is InChI=1S/C22H25FN2O/c23-21-11-8-18(9-12-21)10-13-22(26)24-16-19-6-2-3-7-20(19)17-25-14-4-1-5-15-25/h2-3,6-13H,1,4-5,14-17H2,(H,24,26)/p+1/b13-10+. The third-order valence-electron chi connectivity index (χ3n) is 4.87. The second-order valence-corrected chi connectivity index (χ2v) is 6.86. The van der Waals surface area contributed by atoms with E-state index >= 15 is 0 Å². The molecule has 1 aliphatic heterocycles. The van der Waals surface area contributed by atoms with Gasteiger partial charge >= 0.3 is 0 Å². The number of benzene rings is 2. The topological polar surface area (TPSA) is 33.5 Å². The first-order chi connectivity index (χ1) is 12.7. The van der Waals surface area contributed by atoms with Gasteiger partial charge in [-0.1, -0.05) is 36.4 Å². The molecule has 0 spiro atoms. The Hall–Kier alpha value is -2.46. The second-order valence-electron chi connectivity index (χ2n) is 6.86. The van der Waals surface area contributed by atoms with Gasteiger partial charge in [0.2, 0.25) is 5.91 Å². The van der Waals surface area contributed by atoms with Gasteiger partial charge in [-0.05, 0) is 48.6 Å². The van der Waals surface area contributed by atoms with E-state index < -0.39 is 0 Å². The molecule has 136 valence electrons. The zero-order valence-corrected chi connectivity index (χ0v) is 15.0. The monoisotopic (exact) mass is 353 g/mol. The SMILES string of the molecule is O=C(/C=C/c1ccc(F)cc1)NCc1ccccc1C[NH+]1CCCCC1. The number of piperidine rings is 1. The number of quaternary nitrogens is 1. The van der Waals surface area contributed by atoms with E-state index in [4.69, 9.17) is 0 Å². The van der Waals surface area contributed by atoms with Gasteiger partial charge in [-0.15, -0.1) is 0 Å². The molecular weight excluding hydrogens is 327 g/mol. The number of halogens is 1. The van der Waals surface area contributed by atoms with Gasteiger partial charge in [0.15, 0.2) is 0 Å². The van der Waals surface area contributed by atoms with E-state index in [9.17, 15) is 9.18 Å². The number of amides is 1. The molecule has 0 radical (unpaired) electrons. The maximum atomic E-state index is 12.9. The lowest BCUT2D eigenvalue weighted by Gasteiger charge is -2.24. The molecule has 1 saturated heterocycles. The van der Waals surface area contributed by atoms with Crippen LogP contribution in [0.25, 0.3) is 6.08 Å². The largest absolute Gasteiger partial charge is 0.348 e. The average Bonchev–Trinajstić information content (AvgIpc) is 2.68. The van der Waals surface area contributed by atoms with E-state index in [-0.39, 0.29) is 11.7 Å². The van der Waals surface area contributed by atoms with Gasteiger partial charge in [0.1, 0.15) is 12.4 Å². The smallest absolute Gasteiger partial charge is 0.244 e. The molecule has 0 aliphatic carbocycles. The molecule has 2 aromatic carbocycles. The summed E-state index contributed by atoms with van der Waals surface area (Å²) in [4.78, 5) is 13.7. The Labute approximate surface area is 154 Å². The van der Waals surface area contributed by atoms with E-state index in [0.29, 0.717) is 6.54 Å². The normalized spacial score (nSPS) is 15.3. The quantitative estimate of drug-likeness (QED) is 0.770. The van der Waals surface area contributed by atoms with Gasteiger partial charge in [-0.25, -0.2) is 4.39 Å². The van der Waals surface area contributed by atoms with Crippen LogP contribution in [0.4, 0.5) is 4.39 Å². The fraction of sp³-hybridized carbons (Fsp3) is 0.318. The maximum absolute atomic E-state index is 12.9. The molecule has 0 saturated carbocycles. The Morgan fingerprint density at radius 1 is 1.00 bits per heavy atom.